The van der Waals surface area contributed by atoms with E-state index in [-0.39, 0.29) is 32.7 Å². The van der Waals surface area contributed by atoms with Gasteiger partial charge in [-0.25, -0.2) is 0 Å². The summed E-state index contributed by atoms with van der Waals surface area (Å²) >= 11 is 0. The minimum absolute atomic E-state index is 0. The first-order valence-electron chi connectivity index (χ1n) is 7.44. The number of aryl methyl sites for hydroxylation is 2. The van der Waals surface area contributed by atoms with Crippen LogP contribution in [0.15, 0.2) is 12.1 Å². The van der Waals surface area contributed by atoms with Gasteiger partial charge in [0, 0.05) is 0 Å². The molecule has 1 radical (unpaired) electrons. The van der Waals surface area contributed by atoms with Gasteiger partial charge in [0.1, 0.15) is 7.28 Å². The second-order valence-electron chi connectivity index (χ2n) is 6.21. The molecule has 0 nitrogen and oxygen atoms in total. The number of benzene rings is 1. The van der Waals surface area contributed by atoms with Crippen molar-refractivity contribution in [2.24, 2.45) is 11.8 Å². The number of hydrogen-bond donors (Lipinski definition) is 0. The third kappa shape index (κ3) is 6.13. The molecule has 0 bridgehead atoms. The molecule has 0 N–H and O–H groups in total. The van der Waals surface area contributed by atoms with Crippen LogP contribution in [-0.4, -0.2) is 7.28 Å². The molecule has 0 aliphatic heterocycles. The predicted octanol–water partition coefficient (Wildman–Crippen LogP) is 4.55. The number of rotatable bonds is 4. The van der Waals surface area contributed by atoms with Gasteiger partial charge in [-0.3, -0.25) is 0 Å². The van der Waals surface area contributed by atoms with Gasteiger partial charge in [0.2, 0.25) is 0 Å². The molecule has 2 heteroatoms. The first-order chi connectivity index (χ1) is 8.63. The maximum atomic E-state index is 3.34. The number of hydrogen-bond acceptors (Lipinski definition) is 0. The van der Waals surface area contributed by atoms with Gasteiger partial charge in [-0.1, -0.05) is 59.1 Å². The second-order valence-corrected chi connectivity index (χ2v) is 6.21. The first kappa shape index (κ1) is 17.4. The van der Waals surface area contributed by atoms with Crippen LogP contribution in [0.2, 0.25) is 6.32 Å². The fraction of sp³-hybridized carbons (Fsp3) is 0.647. The predicted molar refractivity (Wildman–Crippen MR) is 80.1 cm³/mol. The van der Waals surface area contributed by atoms with Crippen LogP contribution in [0.1, 0.15) is 49.3 Å². The monoisotopic (exact) mass is 329 g/mol. The Morgan fingerprint density at radius 1 is 1.11 bits per heavy atom. The van der Waals surface area contributed by atoms with Crippen molar-refractivity contribution in [1.82, 2.24) is 0 Å². The molecule has 0 spiro atoms. The molecule has 1 aromatic rings. The molecule has 0 unspecified atom stereocenters. The summed E-state index contributed by atoms with van der Waals surface area (Å²) in [6.45, 7) is 6.67. The summed E-state index contributed by atoms with van der Waals surface area (Å²) in [7, 11) is 2.49. The Labute approximate surface area is 145 Å². The fourth-order valence-corrected chi connectivity index (χ4v) is 3.15. The van der Waals surface area contributed by atoms with Gasteiger partial charge in [0.25, 0.3) is 0 Å². The van der Waals surface area contributed by atoms with E-state index in [0.717, 1.165) is 18.2 Å². The minimum Gasteiger partial charge on any atom is -0.177 e. The molecule has 1 aliphatic carbocycles. The van der Waals surface area contributed by atoms with Gasteiger partial charge in [0.05, 0.1) is 0 Å². The smallest absolute Gasteiger partial charge is 0.177 e. The Kier molecular flexibility index (Phi) is 7.92. The van der Waals surface area contributed by atoms with Crippen LogP contribution in [-0.2, 0) is 39.0 Å². The van der Waals surface area contributed by atoms with Crippen molar-refractivity contribution in [3.05, 3.63) is 34.9 Å². The van der Waals surface area contributed by atoms with E-state index in [9.17, 15) is 0 Å². The summed E-state index contributed by atoms with van der Waals surface area (Å²) < 4.78 is 0. The zero-order valence-corrected chi connectivity index (χ0v) is 15.5. The van der Waals surface area contributed by atoms with Crippen molar-refractivity contribution in [2.75, 3.05) is 0 Å². The van der Waals surface area contributed by atoms with E-state index in [4.69, 9.17) is 0 Å². The molecule has 19 heavy (non-hydrogen) atoms. The Morgan fingerprint density at radius 3 is 2.26 bits per heavy atom. The van der Waals surface area contributed by atoms with Gasteiger partial charge in [0.15, 0.2) is 0 Å². The Balaban J connectivity index is 0.00000180. The zero-order valence-electron chi connectivity index (χ0n) is 12.7. The summed E-state index contributed by atoms with van der Waals surface area (Å²) in [6.07, 6.45) is 8.20. The molecule has 0 atom stereocenters. The van der Waals surface area contributed by atoms with Crippen LogP contribution in [0, 0.1) is 31.7 Å². The molecule has 1 aromatic carbocycles. The SMILES string of the molecule is Cc1[c-]c(C)cc(C[B]CC2CCC(C)CC2)c1.[Y+3]. The molecule has 97 valence electrons. The van der Waals surface area contributed by atoms with E-state index in [1.165, 1.54) is 48.7 Å². The molecule has 1 saturated carbocycles. The molecule has 0 aromatic heterocycles. The van der Waals surface area contributed by atoms with Crippen LogP contribution in [0.3, 0.4) is 0 Å². The topological polar surface area (TPSA) is 0 Å². The summed E-state index contributed by atoms with van der Waals surface area (Å²) in [5, 5.41) is 0. The Hall–Kier alpha value is 0.389. The largest absolute Gasteiger partial charge is 3.00 e. The average molecular weight is 329 g/mol. The molecular formula is C17H25BY+2. The van der Waals surface area contributed by atoms with Crippen molar-refractivity contribution in [1.29, 1.82) is 0 Å². The first-order valence-corrected chi connectivity index (χ1v) is 7.44. The summed E-state index contributed by atoms with van der Waals surface area (Å²) in [4.78, 5) is 0. The molecule has 2 rings (SSSR count). The minimum atomic E-state index is 0. The van der Waals surface area contributed by atoms with E-state index in [0.29, 0.717) is 0 Å². The summed E-state index contributed by atoms with van der Waals surface area (Å²) in [5.74, 6) is 1.93. The van der Waals surface area contributed by atoms with Crippen molar-refractivity contribution >= 4 is 7.28 Å². The maximum absolute atomic E-state index is 3.34. The van der Waals surface area contributed by atoms with Crippen molar-refractivity contribution in [2.45, 2.75) is 59.1 Å². The fourth-order valence-electron chi connectivity index (χ4n) is 3.15. The van der Waals surface area contributed by atoms with Crippen LogP contribution >= 0.6 is 0 Å². The molecule has 0 saturated heterocycles. The van der Waals surface area contributed by atoms with Gasteiger partial charge in [-0.2, -0.15) is 34.9 Å². The average Bonchev–Trinajstić information content (AvgIpc) is 2.30. The standard InChI is InChI=1S/C17H25B.Y/c1-13-4-6-16(7-5-13)11-18-12-17-9-14(2)8-15(3)10-17;/h9-10,13,16H,4-7,11-12H2,1-3H3;/q-1;+3. The zero-order chi connectivity index (χ0) is 13.0. The van der Waals surface area contributed by atoms with Crippen LogP contribution in [0.5, 0.6) is 0 Å². The second kappa shape index (κ2) is 8.63. The van der Waals surface area contributed by atoms with E-state index in [1.54, 1.807) is 0 Å². The molecule has 0 heterocycles. The van der Waals surface area contributed by atoms with Crippen molar-refractivity contribution < 1.29 is 32.7 Å². The summed E-state index contributed by atoms with van der Waals surface area (Å²) in [5.41, 5.74) is 3.99. The van der Waals surface area contributed by atoms with Gasteiger partial charge in [-0.15, -0.1) is 0 Å². The van der Waals surface area contributed by atoms with Gasteiger partial charge in [-0.05, 0) is 11.8 Å². The van der Waals surface area contributed by atoms with Gasteiger partial charge < -0.3 is 0 Å². The van der Waals surface area contributed by atoms with Crippen LogP contribution in [0.4, 0.5) is 0 Å². The van der Waals surface area contributed by atoms with Crippen LogP contribution < -0.4 is 0 Å². The van der Waals surface area contributed by atoms with Crippen LogP contribution in [0.25, 0.3) is 0 Å². The van der Waals surface area contributed by atoms with Gasteiger partial charge >= 0.3 is 32.7 Å². The quantitative estimate of drug-likeness (QED) is 0.562. The van der Waals surface area contributed by atoms with Crippen molar-refractivity contribution in [3.63, 3.8) is 0 Å². The molecule has 0 amide bonds. The van der Waals surface area contributed by atoms with Crippen molar-refractivity contribution in [3.8, 4) is 0 Å². The third-order valence-corrected chi connectivity index (χ3v) is 4.21. The van der Waals surface area contributed by atoms with E-state index < -0.39 is 0 Å². The van der Waals surface area contributed by atoms with E-state index in [2.05, 4.69) is 46.2 Å². The maximum Gasteiger partial charge on any atom is 3.00 e. The normalized spacial score (nSPS) is 22.7. The van der Waals surface area contributed by atoms with E-state index in [1.807, 2.05) is 0 Å². The summed E-state index contributed by atoms with van der Waals surface area (Å²) in [6, 6.07) is 7.88. The molecule has 1 aliphatic rings. The van der Waals surface area contributed by atoms with E-state index >= 15 is 0 Å². The Bertz CT molecular complexity index is 361. The molecule has 1 fully saturated rings. The molecular weight excluding hydrogens is 304 g/mol. The Morgan fingerprint density at radius 2 is 1.68 bits per heavy atom. The third-order valence-electron chi connectivity index (χ3n) is 4.21.